The van der Waals surface area contributed by atoms with Crippen LogP contribution in [0.1, 0.15) is 22.0 Å². The highest BCUT2D eigenvalue weighted by molar-refractivity contribution is 6.03. The van der Waals surface area contributed by atoms with Crippen LogP contribution in [-0.2, 0) is 4.74 Å². The summed E-state index contributed by atoms with van der Waals surface area (Å²) >= 11 is 0. The van der Waals surface area contributed by atoms with Gasteiger partial charge in [-0.1, -0.05) is 24.3 Å². The second-order valence-corrected chi connectivity index (χ2v) is 4.41. The Morgan fingerprint density at radius 2 is 1.79 bits per heavy atom. The second-order valence-electron chi connectivity index (χ2n) is 4.41. The lowest BCUT2D eigenvalue weighted by molar-refractivity contribution is 0.0951. The predicted molar refractivity (Wildman–Crippen MR) is 66.5 cm³/mol. The van der Waals surface area contributed by atoms with Crippen LogP contribution in [0.2, 0.25) is 0 Å². The van der Waals surface area contributed by atoms with Crippen LogP contribution in [-0.4, -0.2) is 17.0 Å². The summed E-state index contributed by atoms with van der Waals surface area (Å²) in [4.78, 5) is 12.1. The van der Waals surface area contributed by atoms with Crippen molar-refractivity contribution in [3.63, 3.8) is 0 Å². The maximum Gasteiger partial charge on any atom is 0.198 e. The zero-order chi connectivity index (χ0) is 13.4. The fourth-order valence-corrected chi connectivity index (χ4v) is 2.05. The number of rotatable bonds is 3. The largest absolute Gasteiger partial charge is 0.507 e. The van der Waals surface area contributed by atoms with Gasteiger partial charge in [-0.25, -0.2) is 4.39 Å². The third kappa shape index (κ3) is 2.22. The molecule has 1 aliphatic rings. The number of Topliss-reactive ketones (excluding diaryl/α,β-unsaturated/α-hetero) is 1. The number of phenols is 1. The van der Waals surface area contributed by atoms with E-state index in [2.05, 4.69) is 0 Å². The standard InChI is InChI=1S/C15H11FO3/c16-10-7-5-9(6-8-10)14-15(19-14)13(18)11-3-1-2-4-12(11)17/h1-8,14-15,17H/t14-,15-/m0/s1. The number of carbonyl (C=O) groups excluding carboxylic acids is 1. The van der Waals surface area contributed by atoms with E-state index in [1.807, 2.05) is 0 Å². The summed E-state index contributed by atoms with van der Waals surface area (Å²) in [5.41, 5.74) is 1.01. The number of hydrogen-bond donors (Lipinski definition) is 1. The van der Waals surface area contributed by atoms with E-state index in [1.165, 1.54) is 18.2 Å². The Labute approximate surface area is 109 Å². The van der Waals surface area contributed by atoms with Gasteiger partial charge in [0.1, 0.15) is 17.7 Å². The molecular weight excluding hydrogens is 247 g/mol. The van der Waals surface area contributed by atoms with E-state index in [9.17, 15) is 14.3 Å². The third-order valence-electron chi connectivity index (χ3n) is 3.12. The lowest BCUT2D eigenvalue weighted by atomic mass is 10.0. The Morgan fingerprint density at radius 1 is 1.11 bits per heavy atom. The van der Waals surface area contributed by atoms with Crippen LogP contribution in [0.5, 0.6) is 5.75 Å². The van der Waals surface area contributed by atoms with E-state index in [4.69, 9.17) is 4.74 Å². The summed E-state index contributed by atoms with van der Waals surface area (Å²) in [6, 6.07) is 12.2. The van der Waals surface area contributed by atoms with Crippen molar-refractivity contribution in [3.8, 4) is 5.75 Å². The molecule has 1 aliphatic heterocycles. The van der Waals surface area contributed by atoms with Crippen molar-refractivity contribution in [2.24, 2.45) is 0 Å². The molecule has 2 atom stereocenters. The smallest absolute Gasteiger partial charge is 0.198 e. The van der Waals surface area contributed by atoms with Crippen molar-refractivity contribution in [1.29, 1.82) is 0 Å². The van der Waals surface area contributed by atoms with Crippen LogP contribution < -0.4 is 0 Å². The van der Waals surface area contributed by atoms with Crippen molar-refractivity contribution in [3.05, 3.63) is 65.5 Å². The van der Waals surface area contributed by atoms with Gasteiger partial charge in [-0.05, 0) is 29.8 Å². The molecule has 1 N–H and O–H groups in total. The van der Waals surface area contributed by atoms with Crippen LogP contribution in [0.3, 0.4) is 0 Å². The molecule has 0 spiro atoms. The minimum atomic E-state index is -0.598. The van der Waals surface area contributed by atoms with E-state index in [0.717, 1.165) is 5.56 Å². The lowest BCUT2D eigenvalue weighted by Gasteiger charge is -2.00. The number of ether oxygens (including phenoxy) is 1. The summed E-state index contributed by atoms with van der Waals surface area (Å²) in [6.45, 7) is 0. The minimum absolute atomic E-state index is 0.0548. The van der Waals surface area contributed by atoms with E-state index < -0.39 is 6.10 Å². The minimum Gasteiger partial charge on any atom is -0.507 e. The fourth-order valence-electron chi connectivity index (χ4n) is 2.05. The molecular formula is C15H11FO3. The topological polar surface area (TPSA) is 49.8 Å². The van der Waals surface area contributed by atoms with Gasteiger partial charge in [0, 0.05) is 0 Å². The lowest BCUT2D eigenvalue weighted by Crippen LogP contribution is -2.08. The second kappa shape index (κ2) is 4.48. The van der Waals surface area contributed by atoms with Crippen molar-refractivity contribution >= 4 is 5.78 Å². The zero-order valence-corrected chi connectivity index (χ0v) is 9.92. The highest BCUT2D eigenvalue weighted by Gasteiger charge is 2.46. The molecule has 2 aromatic rings. The molecule has 19 heavy (non-hydrogen) atoms. The molecule has 3 rings (SSSR count). The Balaban J connectivity index is 1.78. The van der Waals surface area contributed by atoms with Gasteiger partial charge in [0.2, 0.25) is 0 Å². The van der Waals surface area contributed by atoms with Gasteiger partial charge in [-0.15, -0.1) is 0 Å². The SMILES string of the molecule is O=C(c1ccccc1O)[C@@H]1O[C@H]1c1ccc(F)cc1. The maximum absolute atomic E-state index is 12.8. The number of aromatic hydroxyl groups is 1. The van der Waals surface area contributed by atoms with Gasteiger partial charge in [0.05, 0.1) is 5.56 Å². The van der Waals surface area contributed by atoms with Crippen LogP contribution in [0.15, 0.2) is 48.5 Å². The quantitative estimate of drug-likeness (QED) is 0.680. The average molecular weight is 258 g/mol. The van der Waals surface area contributed by atoms with E-state index in [0.29, 0.717) is 0 Å². The van der Waals surface area contributed by atoms with Crippen LogP contribution in [0.4, 0.5) is 4.39 Å². The van der Waals surface area contributed by atoms with Gasteiger partial charge < -0.3 is 9.84 Å². The first-order chi connectivity index (χ1) is 9.16. The van der Waals surface area contributed by atoms with Crippen molar-refractivity contribution in [2.75, 3.05) is 0 Å². The molecule has 96 valence electrons. The van der Waals surface area contributed by atoms with E-state index >= 15 is 0 Å². The van der Waals surface area contributed by atoms with Crippen molar-refractivity contribution in [1.82, 2.24) is 0 Å². The normalized spacial score (nSPS) is 21.1. The monoisotopic (exact) mass is 258 g/mol. The predicted octanol–water partition coefficient (Wildman–Crippen LogP) is 2.85. The molecule has 0 amide bonds. The van der Waals surface area contributed by atoms with Crippen molar-refractivity contribution in [2.45, 2.75) is 12.2 Å². The van der Waals surface area contributed by atoms with Gasteiger partial charge in [0.15, 0.2) is 11.9 Å². The summed E-state index contributed by atoms with van der Waals surface area (Å²) in [6.07, 6.45) is -0.952. The molecule has 2 aromatic carbocycles. The molecule has 3 nitrogen and oxygen atoms in total. The summed E-state index contributed by atoms with van der Waals surface area (Å²) in [5.74, 6) is -0.638. The first-order valence-corrected chi connectivity index (χ1v) is 5.90. The van der Waals surface area contributed by atoms with Gasteiger partial charge in [-0.3, -0.25) is 4.79 Å². The van der Waals surface area contributed by atoms with Gasteiger partial charge >= 0.3 is 0 Å². The molecule has 1 heterocycles. The summed E-state index contributed by atoms with van der Waals surface area (Å²) in [5, 5.41) is 9.62. The van der Waals surface area contributed by atoms with Crippen LogP contribution in [0.25, 0.3) is 0 Å². The maximum atomic E-state index is 12.8. The molecule has 0 radical (unpaired) electrons. The number of benzene rings is 2. The molecule has 0 bridgehead atoms. The van der Waals surface area contributed by atoms with Crippen LogP contribution in [0, 0.1) is 5.82 Å². The first-order valence-electron chi connectivity index (χ1n) is 5.90. The number of phenolic OH excluding ortho intramolecular Hbond substituents is 1. The van der Waals surface area contributed by atoms with E-state index in [1.54, 1.807) is 30.3 Å². The Kier molecular flexibility index (Phi) is 2.80. The molecule has 0 saturated carbocycles. The average Bonchev–Trinajstić information content (AvgIpc) is 3.20. The molecule has 0 aromatic heterocycles. The zero-order valence-electron chi connectivity index (χ0n) is 9.92. The Hall–Kier alpha value is -2.20. The third-order valence-corrected chi connectivity index (χ3v) is 3.12. The number of carbonyl (C=O) groups is 1. The Morgan fingerprint density at radius 3 is 2.47 bits per heavy atom. The molecule has 1 fully saturated rings. The van der Waals surface area contributed by atoms with E-state index in [-0.39, 0.29) is 29.0 Å². The summed E-state index contributed by atoms with van der Waals surface area (Å²) < 4.78 is 18.1. The first kappa shape index (κ1) is 11.9. The number of para-hydroxylation sites is 1. The fraction of sp³-hybridized carbons (Fsp3) is 0.133. The molecule has 0 unspecified atom stereocenters. The molecule has 0 aliphatic carbocycles. The number of ketones is 1. The van der Waals surface area contributed by atoms with Crippen molar-refractivity contribution < 1.29 is 19.0 Å². The van der Waals surface area contributed by atoms with Crippen LogP contribution >= 0.6 is 0 Å². The molecule has 4 heteroatoms. The highest BCUT2D eigenvalue weighted by Crippen LogP contribution is 2.41. The highest BCUT2D eigenvalue weighted by atomic mass is 19.1. The number of halogens is 1. The van der Waals surface area contributed by atoms with Gasteiger partial charge in [0.25, 0.3) is 0 Å². The number of hydrogen-bond acceptors (Lipinski definition) is 3. The van der Waals surface area contributed by atoms with Gasteiger partial charge in [-0.2, -0.15) is 0 Å². The molecule has 1 saturated heterocycles. The summed E-state index contributed by atoms with van der Waals surface area (Å²) in [7, 11) is 0. The number of epoxide rings is 1. The Bertz CT molecular complexity index is 622.